The Hall–Kier alpha value is -1.97. The summed E-state index contributed by atoms with van der Waals surface area (Å²) in [6.45, 7) is 1.88. The minimum absolute atomic E-state index is 0. The standard InChI is InChI=1S/C13H14N6.ClH/c1-8(15)13-17-12(10-3-4-10)18-19(13)11-5-2-9(6-14)7-16-11;/h2,5,7-8,10H,3-4,15H2,1H3;1H/t8-;/m1./s1. The Balaban J connectivity index is 0.00000147. The fraction of sp³-hybridized carbons (Fsp3) is 0.385. The second-order valence-corrected chi connectivity index (χ2v) is 4.82. The molecule has 1 saturated carbocycles. The molecule has 2 aromatic rings. The van der Waals surface area contributed by atoms with Gasteiger partial charge < -0.3 is 5.73 Å². The number of pyridine rings is 1. The highest BCUT2D eigenvalue weighted by Crippen LogP contribution is 2.38. The molecule has 0 aromatic carbocycles. The van der Waals surface area contributed by atoms with Gasteiger partial charge in [0.2, 0.25) is 0 Å². The van der Waals surface area contributed by atoms with E-state index < -0.39 is 0 Å². The highest BCUT2D eigenvalue weighted by molar-refractivity contribution is 5.85. The maximum absolute atomic E-state index is 8.78. The Morgan fingerprint density at radius 3 is 2.70 bits per heavy atom. The Kier molecular flexibility index (Phi) is 4.02. The molecule has 0 spiro atoms. The summed E-state index contributed by atoms with van der Waals surface area (Å²) < 4.78 is 1.68. The Labute approximate surface area is 123 Å². The summed E-state index contributed by atoms with van der Waals surface area (Å²) in [4.78, 5) is 8.75. The number of rotatable bonds is 3. The summed E-state index contributed by atoms with van der Waals surface area (Å²) in [6, 6.07) is 5.31. The normalized spacial score (nSPS) is 15.2. The summed E-state index contributed by atoms with van der Waals surface area (Å²) in [7, 11) is 0. The van der Waals surface area contributed by atoms with Gasteiger partial charge in [-0.1, -0.05) is 0 Å². The monoisotopic (exact) mass is 290 g/mol. The molecule has 1 aliphatic carbocycles. The molecule has 0 unspecified atom stereocenters. The molecule has 1 aliphatic rings. The van der Waals surface area contributed by atoms with Crippen molar-refractivity contribution in [3.05, 3.63) is 35.5 Å². The van der Waals surface area contributed by atoms with E-state index in [1.165, 1.54) is 6.20 Å². The lowest BCUT2D eigenvalue weighted by Gasteiger charge is -2.06. The predicted molar refractivity (Wildman–Crippen MR) is 75.7 cm³/mol. The first-order chi connectivity index (χ1) is 9.19. The van der Waals surface area contributed by atoms with E-state index in [4.69, 9.17) is 11.0 Å². The third-order valence-electron chi connectivity index (χ3n) is 3.09. The second kappa shape index (κ2) is 5.57. The number of aromatic nitrogens is 4. The number of nitrogens with zero attached hydrogens (tertiary/aromatic N) is 5. The van der Waals surface area contributed by atoms with Gasteiger partial charge in [-0.2, -0.15) is 9.94 Å². The molecule has 0 radical (unpaired) electrons. The lowest BCUT2D eigenvalue weighted by atomic mass is 10.3. The minimum Gasteiger partial charge on any atom is -0.322 e. The average molecular weight is 291 g/mol. The quantitative estimate of drug-likeness (QED) is 0.931. The van der Waals surface area contributed by atoms with Crippen molar-refractivity contribution < 1.29 is 0 Å². The third kappa shape index (κ3) is 2.64. The van der Waals surface area contributed by atoms with Crippen LogP contribution in [0.1, 0.15) is 48.9 Å². The Morgan fingerprint density at radius 2 is 2.20 bits per heavy atom. The van der Waals surface area contributed by atoms with E-state index in [0.717, 1.165) is 18.7 Å². The molecule has 104 valence electrons. The number of hydrogen-bond donors (Lipinski definition) is 1. The van der Waals surface area contributed by atoms with E-state index in [1.54, 1.807) is 16.8 Å². The molecule has 6 nitrogen and oxygen atoms in total. The first-order valence-electron chi connectivity index (χ1n) is 6.28. The summed E-state index contributed by atoms with van der Waals surface area (Å²) in [5.74, 6) is 2.67. The van der Waals surface area contributed by atoms with Gasteiger partial charge in [-0.05, 0) is 31.9 Å². The first-order valence-corrected chi connectivity index (χ1v) is 6.28. The van der Waals surface area contributed by atoms with E-state index in [0.29, 0.717) is 23.1 Å². The van der Waals surface area contributed by atoms with Crippen LogP contribution in [-0.2, 0) is 0 Å². The SMILES string of the molecule is C[C@@H](N)c1nc(C2CC2)nn1-c1ccc(C#N)cn1.Cl. The minimum atomic E-state index is -0.211. The lowest BCUT2D eigenvalue weighted by Crippen LogP contribution is -2.14. The molecule has 1 fully saturated rings. The first kappa shape index (κ1) is 14.4. The summed E-state index contributed by atoms with van der Waals surface area (Å²) in [5.41, 5.74) is 6.46. The zero-order valence-corrected chi connectivity index (χ0v) is 11.8. The second-order valence-electron chi connectivity index (χ2n) is 4.82. The van der Waals surface area contributed by atoms with Gasteiger partial charge in [0.15, 0.2) is 17.5 Å². The summed E-state index contributed by atoms with van der Waals surface area (Å²) >= 11 is 0. The molecular weight excluding hydrogens is 276 g/mol. The maximum Gasteiger partial charge on any atom is 0.155 e. The van der Waals surface area contributed by atoms with Crippen molar-refractivity contribution >= 4 is 12.4 Å². The number of hydrogen-bond acceptors (Lipinski definition) is 5. The van der Waals surface area contributed by atoms with Crippen LogP contribution in [0.25, 0.3) is 5.82 Å². The van der Waals surface area contributed by atoms with Crippen molar-refractivity contribution in [2.75, 3.05) is 0 Å². The summed E-state index contributed by atoms with van der Waals surface area (Å²) in [5, 5.41) is 13.3. The van der Waals surface area contributed by atoms with Crippen LogP contribution in [0.3, 0.4) is 0 Å². The van der Waals surface area contributed by atoms with Gasteiger partial charge in [0, 0.05) is 12.1 Å². The highest BCUT2D eigenvalue weighted by Gasteiger charge is 2.29. The van der Waals surface area contributed by atoms with Crippen LogP contribution >= 0.6 is 12.4 Å². The predicted octanol–water partition coefficient (Wildman–Crippen LogP) is 1.85. The van der Waals surface area contributed by atoms with Crippen molar-refractivity contribution in [1.29, 1.82) is 5.26 Å². The molecule has 0 aliphatic heterocycles. The van der Waals surface area contributed by atoms with E-state index in [9.17, 15) is 0 Å². The van der Waals surface area contributed by atoms with Gasteiger partial charge >= 0.3 is 0 Å². The zero-order valence-electron chi connectivity index (χ0n) is 11.0. The number of nitrogens with two attached hydrogens (primary N) is 1. The van der Waals surface area contributed by atoms with Gasteiger partial charge in [-0.25, -0.2) is 9.97 Å². The largest absolute Gasteiger partial charge is 0.322 e. The molecule has 0 saturated heterocycles. The van der Waals surface area contributed by atoms with Crippen molar-refractivity contribution in [3.63, 3.8) is 0 Å². The summed E-state index contributed by atoms with van der Waals surface area (Å²) in [6.07, 6.45) is 3.81. The third-order valence-corrected chi connectivity index (χ3v) is 3.09. The zero-order chi connectivity index (χ0) is 13.4. The van der Waals surface area contributed by atoms with Crippen LogP contribution in [0.4, 0.5) is 0 Å². The van der Waals surface area contributed by atoms with Gasteiger partial charge in [0.25, 0.3) is 0 Å². The topological polar surface area (TPSA) is 93.4 Å². The Bertz CT molecular complexity index is 636. The van der Waals surface area contributed by atoms with Crippen LogP contribution in [0, 0.1) is 11.3 Å². The number of halogens is 1. The number of nitriles is 1. The van der Waals surface area contributed by atoms with Crippen molar-refractivity contribution in [2.24, 2.45) is 5.73 Å². The van der Waals surface area contributed by atoms with Gasteiger partial charge in [0.05, 0.1) is 11.6 Å². The molecule has 2 N–H and O–H groups in total. The lowest BCUT2D eigenvalue weighted by molar-refractivity contribution is 0.680. The van der Waals surface area contributed by atoms with Gasteiger partial charge in [-0.3, -0.25) is 0 Å². The fourth-order valence-electron chi connectivity index (χ4n) is 1.90. The van der Waals surface area contributed by atoms with E-state index in [1.807, 2.05) is 13.0 Å². The van der Waals surface area contributed by atoms with Crippen LogP contribution in [-0.4, -0.2) is 19.7 Å². The average Bonchev–Trinajstić information content (AvgIpc) is 3.17. The van der Waals surface area contributed by atoms with Crippen LogP contribution in [0.15, 0.2) is 18.3 Å². The molecule has 20 heavy (non-hydrogen) atoms. The molecule has 3 rings (SSSR count). The molecule has 1 atom stereocenters. The van der Waals surface area contributed by atoms with E-state index in [-0.39, 0.29) is 18.4 Å². The van der Waals surface area contributed by atoms with E-state index in [2.05, 4.69) is 15.1 Å². The molecule has 2 aromatic heterocycles. The van der Waals surface area contributed by atoms with Gasteiger partial charge in [0.1, 0.15) is 6.07 Å². The Morgan fingerprint density at radius 1 is 1.45 bits per heavy atom. The molecule has 7 heteroatoms. The smallest absolute Gasteiger partial charge is 0.155 e. The van der Waals surface area contributed by atoms with E-state index >= 15 is 0 Å². The van der Waals surface area contributed by atoms with Gasteiger partial charge in [-0.15, -0.1) is 17.5 Å². The maximum atomic E-state index is 8.78. The van der Waals surface area contributed by atoms with Crippen LogP contribution in [0.2, 0.25) is 0 Å². The molecular formula is C13H15ClN6. The van der Waals surface area contributed by atoms with Crippen molar-refractivity contribution in [3.8, 4) is 11.9 Å². The molecule has 2 heterocycles. The molecule has 0 bridgehead atoms. The highest BCUT2D eigenvalue weighted by atomic mass is 35.5. The van der Waals surface area contributed by atoms with Crippen molar-refractivity contribution in [1.82, 2.24) is 19.7 Å². The van der Waals surface area contributed by atoms with Crippen LogP contribution < -0.4 is 5.73 Å². The van der Waals surface area contributed by atoms with Crippen LogP contribution in [0.5, 0.6) is 0 Å². The fourth-order valence-corrected chi connectivity index (χ4v) is 1.90. The molecule has 0 amide bonds. The van der Waals surface area contributed by atoms with Crippen molar-refractivity contribution in [2.45, 2.75) is 31.7 Å².